The van der Waals surface area contributed by atoms with E-state index in [1.54, 1.807) is 24.3 Å². The van der Waals surface area contributed by atoms with Crippen LogP contribution in [-0.2, 0) is 16.0 Å². The molecule has 0 N–H and O–H groups in total. The predicted octanol–water partition coefficient (Wildman–Crippen LogP) is 3.74. The number of hydrogen-bond donors (Lipinski definition) is 0. The fourth-order valence-electron chi connectivity index (χ4n) is 4.08. The fraction of sp³-hybridized carbons (Fsp3) is 0.667. The van der Waals surface area contributed by atoms with Gasteiger partial charge in [-0.15, -0.1) is 0 Å². The molecule has 3 rings (SSSR count). The number of halogens is 2. The van der Waals surface area contributed by atoms with Crippen LogP contribution in [0.15, 0.2) is 24.3 Å². The van der Waals surface area contributed by atoms with Crippen molar-refractivity contribution in [2.24, 2.45) is 5.92 Å². The van der Waals surface area contributed by atoms with Crippen molar-refractivity contribution in [1.29, 1.82) is 0 Å². The molecule has 0 bridgehead atoms. The number of para-hydroxylation sites is 1. The minimum Gasteiger partial charge on any atom is -0.378 e. The van der Waals surface area contributed by atoms with E-state index in [4.69, 9.17) is 4.74 Å². The van der Waals surface area contributed by atoms with Crippen molar-refractivity contribution in [2.45, 2.75) is 51.6 Å². The van der Waals surface area contributed by atoms with Gasteiger partial charge in [-0.1, -0.05) is 32.0 Å². The first-order valence-electron chi connectivity index (χ1n) is 10.0. The Balaban J connectivity index is 1.58. The van der Waals surface area contributed by atoms with Gasteiger partial charge in [0.25, 0.3) is 5.91 Å². The molecule has 0 saturated carbocycles. The van der Waals surface area contributed by atoms with Crippen LogP contribution >= 0.6 is 0 Å². The molecule has 6 heteroatoms. The molecule has 4 nitrogen and oxygen atoms in total. The van der Waals surface area contributed by atoms with Gasteiger partial charge in [0.15, 0.2) is 0 Å². The predicted molar refractivity (Wildman–Crippen MR) is 102 cm³/mol. The Morgan fingerprint density at radius 3 is 2.63 bits per heavy atom. The number of alkyl halides is 2. The highest BCUT2D eigenvalue weighted by atomic mass is 19.3. The van der Waals surface area contributed by atoms with E-state index >= 15 is 0 Å². The maximum atomic E-state index is 14.2. The summed E-state index contributed by atoms with van der Waals surface area (Å²) in [5.41, 5.74) is 1.18. The Morgan fingerprint density at radius 1 is 1.22 bits per heavy atom. The molecule has 0 spiro atoms. The number of hydrogen-bond acceptors (Lipinski definition) is 3. The average molecular weight is 380 g/mol. The third-order valence-corrected chi connectivity index (χ3v) is 5.41. The van der Waals surface area contributed by atoms with E-state index in [2.05, 4.69) is 11.8 Å². The Hall–Kier alpha value is -1.53. The van der Waals surface area contributed by atoms with Gasteiger partial charge in [0.2, 0.25) is 0 Å². The zero-order valence-corrected chi connectivity index (χ0v) is 16.3. The summed E-state index contributed by atoms with van der Waals surface area (Å²) in [6, 6.07) is 7.01. The maximum absolute atomic E-state index is 14.2. The van der Waals surface area contributed by atoms with E-state index in [-0.39, 0.29) is 5.92 Å². The van der Waals surface area contributed by atoms with Crippen LogP contribution in [0.5, 0.6) is 0 Å². The molecule has 1 atom stereocenters. The first-order chi connectivity index (χ1) is 12.9. The third-order valence-electron chi connectivity index (χ3n) is 5.41. The molecule has 1 aromatic rings. The van der Waals surface area contributed by atoms with Crippen LogP contribution in [-0.4, -0.2) is 55.6 Å². The summed E-state index contributed by atoms with van der Waals surface area (Å²) >= 11 is 0. The minimum atomic E-state index is -3.32. The van der Waals surface area contributed by atoms with Gasteiger partial charge in [-0.05, 0) is 36.8 Å². The molecular weight excluding hydrogens is 350 g/mol. The number of benzene rings is 1. The quantitative estimate of drug-likeness (QED) is 0.722. The van der Waals surface area contributed by atoms with Crippen LogP contribution in [0.4, 0.5) is 14.5 Å². The number of ether oxygens (including phenoxy) is 1. The number of carbonyl (C=O) groups is 1. The first kappa shape index (κ1) is 20.2. The highest BCUT2D eigenvalue weighted by Crippen LogP contribution is 2.36. The van der Waals surface area contributed by atoms with Gasteiger partial charge in [-0.2, -0.15) is 8.78 Å². The topological polar surface area (TPSA) is 32.8 Å². The molecule has 2 heterocycles. The van der Waals surface area contributed by atoms with Crippen molar-refractivity contribution in [1.82, 2.24) is 4.90 Å². The molecule has 1 amide bonds. The van der Waals surface area contributed by atoms with Gasteiger partial charge in [-0.25, -0.2) is 0 Å². The van der Waals surface area contributed by atoms with Crippen LogP contribution < -0.4 is 4.90 Å². The zero-order chi connectivity index (χ0) is 19.4. The van der Waals surface area contributed by atoms with Crippen LogP contribution in [0, 0.1) is 5.92 Å². The number of anilines is 1. The van der Waals surface area contributed by atoms with Gasteiger partial charge in [-0.3, -0.25) is 4.79 Å². The Labute approximate surface area is 160 Å². The molecule has 150 valence electrons. The molecule has 2 aliphatic rings. The highest BCUT2D eigenvalue weighted by molar-refractivity contribution is 6.01. The summed E-state index contributed by atoms with van der Waals surface area (Å²) in [5.74, 6) is -4.27. The van der Waals surface area contributed by atoms with Crippen molar-refractivity contribution >= 4 is 11.6 Å². The van der Waals surface area contributed by atoms with Gasteiger partial charge in [0.05, 0.1) is 6.10 Å². The van der Waals surface area contributed by atoms with Crippen molar-refractivity contribution < 1.29 is 18.3 Å². The van der Waals surface area contributed by atoms with Crippen LogP contribution in [0.25, 0.3) is 0 Å². The van der Waals surface area contributed by atoms with E-state index in [1.165, 1.54) is 4.90 Å². The zero-order valence-electron chi connectivity index (χ0n) is 16.3. The standard InChI is InChI=1S/C21H30F2N2O2/c1-3-12-27-18-8-10-24(11-9-18)14-16(2)15-25-19-7-5-4-6-17(19)13-21(22,23)20(25)26/h4-7,16,18H,3,8-15H2,1-2H3. The van der Waals surface area contributed by atoms with E-state index < -0.39 is 18.3 Å². The summed E-state index contributed by atoms with van der Waals surface area (Å²) in [6.07, 6.45) is 2.89. The summed E-state index contributed by atoms with van der Waals surface area (Å²) in [6.45, 7) is 7.99. The second kappa shape index (κ2) is 8.65. The second-order valence-electron chi connectivity index (χ2n) is 7.90. The van der Waals surface area contributed by atoms with Crippen molar-refractivity contribution in [2.75, 3.05) is 37.7 Å². The lowest BCUT2D eigenvalue weighted by atomic mass is 9.96. The molecule has 1 aromatic carbocycles. The summed E-state index contributed by atoms with van der Waals surface area (Å²) in [7, 11) is 0. The first-order valence-corrected chi connectivity index (χ1v) is 10.0. The van der Waals surface area contributed by atoms with Crippen molar-refractivity contribution in [3.05, 3.63) is 29.8 Å². The number of fused-ring (bicyclic) bond motifs is 1. The number of likely N-dealkylation sites (tertiary alicyclic amines) is 1. The molecule has 0 radical (unpaired) electrons. The van der Waals surface area contributed by atoms with Gasteiger partial charge in [0.1, 0.15) is 0 Å². The maximum Gasteiger partial charge on any atom is 0.329 e. The molecule has 0 aromatic heterocycles. The van der Waals surface area contributed by atoms with Gasteiger partial charge < -0.3 is 14.5 Å². The van der Waals surface area contributed by atoms with Gasteiger partial charge in [0, 0.05) is 44.9 Å². The number of carbonyl (C=O) groups excluding carboxylic acids is 1. The molecule has 2 aliphatic heterocycles. The molecule has 1 fully saturated rings. The third kappa shape index (κ3) is 4.85. The second-order valence-corrected chi connectivity index (χ2v) is 7.90. The normalized spacial score (nSPS) is 21.9. The van der Waals surface area contributed by atoms with Crippen molar-refractivity contribution in [3.63, 3.8) is 0 Å². The number of piperidine rings is 1. The molecule has 1 unspecified atom stereocenters. The minimum absolute atomic E-state index is 0.115. The van der Waals surface area contributed by atoms with Crippen LogP contribution in [0.2, 0.25) is 0 Å². The smallest absolute Gasteiger partial charge is 0.329 e. The lowest BCUT2D eigenvalue weighted by Gasteiger charge is -2.37. The monoisotopic (exact) mass is 380 g/mol. The Kier molecular flexibility index (Phi) is 6.48. The molecule has 1 saturated heterocycles. The highest BCUT2D eigenvalue weighted by Gasteiger charge is 2.47. The van der Waals surface area contributed by atoms with Crippen LogP contribution in [0.1, 0.15) is 38.7 Å². The number of rotatable bonds is 7. The van der Waals surface area contributed by atoms with E-state index in [9.17, 15) is 13.6 Å². The molecular formula is C21H30F2N2O2. The Morgan fingerprint density at radius 2 is 1.93 bits per heavy atom. The fourth-order valence-corrected chi connectivity index (χ4v) is 4.08. The largest absolute Gasteiger partial charge is 0.378 e. The average Bonchev–Trinajstić information content (AvgIpc) is 2.64. The Bertz CT molecular complexity index is 645. The number of amides is 1. The number of nitrogens with zero attached hydrogens (tertiary/aromatic N) is 2. The SMILES string of the molecule is CCCOC1CCN(CC(C)CN2C(=O)C(F)(F)Cc3ccccc32)CC1. The summed E-state index contributed by atoms with van der Waals surface area (Å²) < 4.78 is 34.2. The van der Waals surface area contributed by atoms with Gasteiger partial charge >= 0.3 is 5.92 Å². The summed E-state index contributed by atoms with van der Waals surface area (Å²) in [5, 5.41) is 0. The van der Waals surface area contributed by atoms with E-state index in [0.29, 0.717) is 23.9 Å². The van der Waals surface area contributed by atoms with E-state index in [0.717, 1.165) is 45.5 Å². The lowest BCUT2D eigenvalue weighted by molar-refractivity contribution is -0.143. The van der Waals surface area contributed by atoms with Crippen LogP contribution in [0.3, 0.4) is 0 Å². The van der Waals surface area contributed by atoms with Crippen molar-refractivity contribution in [3.8, 4) is 0 Å². The molecule has 0 aliphatic carbocycles. The van der Waals surface area contributed by atoms with E-state index in [1.807, 2.05) is 6.92 Å². The molecule has 27 heavy (non-hydrogen) atoms. The summed E-state index contributed by atoms with van der Waals surface area (Å²) in [4.78, 5) is 16.0. The lowest BCUT2D eigenvalue weighted by Crippen LogP contribution is -2.51.